The van der Waals surface area contributed by atoms with Crippen LogP contribution in [-0.2, 0) is 24.3 Å². The van der Waals surface area contributed by atoms with Crippen LogP contribution in [0.15, 0.2) is 53.4 Å². The molecule has 1 heterocycles. The summed E-state index contributed by atoms with van der Waals surface area (Å²) in [5.74, 6) is -1.31. The second kappa shape index (κ2) is 7.35. The molecule has 26 heavy (non-hydrogen) atoms. The van der Waals surface area contributed by atoms with Crippen LogP contribution in [0.3, 0.4) is 0 Å². The highest BCUT2D eigenvalue weighted by Gasteiger charge is 2.30. The highest BCUT2D eigenvalue weighted by Crippen LogP contribution is 2.24. The van der Waals surface area contributed by atoms with Gasteiger partial charge in [0.05, 0.1) is 27.8 Å². The van der Waals surface area contributed by atoms with Gasteiger partial charge in [0, 0.05) is 6.42 Å². The molecule has 0 bridgehead atoms. The molecule has 0 aliphatic carbocycles. The van der Waals surface area contributed by atoms with Crippen molar-refractivity contribution in [2.75, 3.05) is 11.3 Å². The van der Waals surface area contributed by atoms with Crippen LogP contribution in [0, 0.1) is 0 Å². The number of esters is 2. The summed E-state index contributed by atoms with van der Waals surface area (Å²) < 4.78 is 37.0. The third-order valence-electron chi connectivity index (χ3n) is 3.66. The number of para-hydroxylation sites is 1. The molecule has 1 saturated heterocycles. The maximum absolute atomic E-state index is 12.4. The molecule has 3 rings (SSSR count). The Balaban J connectivity index is 1.73. The number of carbonyl (C=O) groups excluding carboxylic acids is 2. The number of benzene rings is 2. The molecule has 1 atom stereocenters. The Morgan fingerprint density at radius 3 is 2.46 bits per heavy atom. The summed E-state index contributed by atoms with van der Waals surface area (Å²) >= 11 is 5.95. The molecular formula is C17H14ClNO6S. The predicted molar refractivity (Wildman–Crippen MR) is 93.5 cm³/mol. The number of nitrogens with one attached hydrogen (secondary N) is 1. The van der Waals surface area contributed by atoms with Crippen molar-refractivity contribution in [3.05, 3.63) is 59.1 Å². The molecule has 136 valence electrons. The Bertz CT molecular complexity index is 942. The van der Waals surface area contributed by atoms with Crippen molar-refractivity contribution < 1.29 is 27.5 Å². The molecule has 0 unspecified atom stereocenters. The van der Waals surface area contributed by atoms with Gasteiger partial charge in [0.1, 0.15) is 0 Å². The van der Waals surface area contributed by atoms with Gasteiger partial charge in [0.2, 0.25) is 6.10 Å². The molecule has 1 aliphatic rings. The van der Waals surface area contributed by atoms with E-state index in [1.807, 2.05) is 0 Å². The topological polar surface area (TPSA) is 98.8 Å². The smallest absolute Gasteiger partial charge is 0.347 e. The van der Waals surface area contributed by atoms with Crippen molar-refractivity contribution in [3.8, 4) is 0 Å². The van der Waals surface area contributed by atoms with Crippen LogP contribution in [0.2, 0.25) is 5.02 Å². The van der Waals surface area contributed by atoms with Crippen molar-refractivity contribution in [1.82, 2.24) is 0 Å². The number of ether oxygens (including phenoxy) is 2. The molecule has 7 nitrogen and oxygen atoms in total. The van der Waals surface area contributed by atoms with Crippen molar-refractivity contribution in [2.24, 2.45) is 0 Å². The molecule has 1 N–H and O–H groups in total. The van der Waals surface area contributed by atoms with E-state index in [0.29, 0.717) is 6.42 Å². The SMILES string of the molecule is O=C(O[C@H]1CCOC1=O)c1ccc(S(=O)(=O)Nc2ccccc2Cl)cc1. The van der Waals surface area contributed by atoms with E-state index >= 15 is 0 Å². The second-order valence-corrected chi connectivity index (χ2v) is 7.55. The molecule has 9 heteroatoms. The zero-order chi connectivity index (χ0) is 18.7. The first kappa shape index (κ1) is 18.2. The lowest BCUT2D eigenvalue weighted by molar-refractivity contribution is -0.145. The summed E-state index contributed by atoms with van der Waals surface area (Å²) in [5.41, 5.74) is 0.374. The number of hydrogen-bond donors (Lipinski definition) is 1. The minimum Gasteiger partial charge on any atom is -0.463 e. The van der Waals surface area contributed by atoms with Gasteiger partial charge in [-0.15, -0.1) is 0 Å². The third-order valence-corrected chi connectivity index (χ3v) is 5.37. The van der Waals surface area contributed by atoms with Gasteiger partial charge >= 0.3 is 11.9 Å². The molecule has 0 radical (unpaired) electrons. The minimum atomic E-state index is -3.87. The Morgan fingerprint density at radius 1 is 1.15 bits per heavy atom. The first-order chi connectivity index (χ1) is 12.4. The molecule has 0 saturated carbocycles. The summed E-state index contributed by atoms with van der Waals surface area (Å²) in [7, 11) is -3.87. The van der Waals surface area contributed by atoms with Gasteiger partial charge in [-0.3, -0.25) is 4.72 Å². The standard InChI is InChI=1S/C17H14ClNO6S/c18-13-3-1-2-4-14(13)19-26(22,23)12-7-5-11(6-8-12)16(20)25-15-9-10-24-17(15)21/h1-8,15,19H,9-10H2/t15-/m0/s1. The maximum atomic E-state index is 12.4. The maximum Gasteiger partial charge on any atom is 0.347 e. The monoisotopic (exact) mass is 395 g/mol. The Labute approximate surface area is 154 Å². The van der Waals surface area contributed by atoms with Crippen LogP contribution < -0.4 is 4.72 Å². The van der Waals surface area contributed by atoms with Crippen molar-refractivity contribution >= 4 is 39.3 Å². The van der Waals surface area contributed by atoms with E-state index in [1.165, 1.54) is 30.3 Å². The Kier molecular flexibility index (Phi) is 5.15. The van der Waals surface area contributed by atoms with Crippen molar-refractivity contribution in [2.45, 2.75) is 17.4 Å². The van der Waals surface area contributed by atoms with E-state index in [1.54, 1.807) is 18.2 Å². The van der Waals surface area contributed by atoms with Gasteiger partial charge in [0.15, 0.2) is 0 Å². The van der Waals surface area contributed by atoms with Crippen LogP contribution in [0.4, 0.5) is 5.69 Å². The molecule has 0 aromatic heterocycles. The zero-order valence-electron chi connectivity index (χ0n) is 13.3. The van der Waals surface area contributed by atoms with Crippen molar-refractivity contribution in [1.29, 1.82) is 0 Å². The number of carbonyl (C=O) groups is 2. The molecule has 1 aliphatic heterocycles. The lowest BCUT2D eigenvalue weighted by Crippen LogP contribution is -2.22. The number of cyclic esters (lactones) is 1. The Morgan fingerprint density at radius 2 is 1.85 bits per heavy atom. The van der Waals surface area contributed by atoms with E-state index in [-0.39, 0.29) is 27.8 Å². The van der Waals surface area contributed by atoms with Crippen LogP contribution in [0.5, 0.6) is 0 Å². The third kappa shape index (κ3) is 3.97. The van der Waals surface area contributed by atoms with E-state index < -0.39 is 28.1 Å². The number of rotatable bonds is 5. The molecule has 2 aromatic rings. The molecular weight excluding hydrogens is 382 g/mol. The molecule has 2 aromatic carbocycles. The van der Waals surface area contributed by atoms with Crippen LogP contribution >= 0.6 is 11.6 Å². The van der Waals surface area contributed by atoms with Crippen LogP contribution in [0.25, 0.3) is 0 Å². The lowest BCUT2D eigenvalue weighted by Gasteiger charge is -2.11. The second-order valence-electron chi connectivity index (χ2n) is 5.46. The van der Waals surface area contributed by atoms with E-state index in [4.69, 9.17) is 21.1 Å². The average molecular weight is 396 g/mol. The van der Waals surface area contributed by atoms with Gasteiger partial charge in [-0.1, -0.05) is 23.7 Å². The minimum absolute atomic E-state index is 0.0470. The number of anilines is 1. The van der Waals surface area contributed by atoms with E-state index in [0.717, 1.165) is 0 Å². The quantitative estimate of drug-likeness (QED) is 0.781. The summed E-state index contributed by atoms with van der Waals surface area (Å²) in [6, 6.07) is 11.6. The molecule has 0 amide bonds. The average Bonchev–Trinajstić information content (AvgIpc) is 3.02. The summed E-state index contributed by atoms with van der Waals surface area (Å²) in [6.45, 7) is 0.210. The van der Waals surface area contributed by atoms with Gasteiger partial charge in [-0.2, -0.15) is 0 Å². The first-order valence-corrected chi connectivity index (χ1v) is 9.48. The zero-order valence-corrected chi connectivity index (χ0v) is 14.9. The number of sulfonamides is 1. The molecule has 1 fully saturated rings. The Hall–Kier alpha value is -2.58. The fourth-order valence-electron chi connectivity index (χ4n) is 2.30. The molecule has 0 spiro atoms. The normalized spacial score (nSPS) is 16.8. The van der Waals surface area contributed by atoms with Gasteiger partial charge in [0.25, 0.3) is 10.0 Å². The van der Waals surface area contributed by atoms with Gasteiger partial charge in [-0.05, 0) is 36.4 Å². The van der Waals surface area contributed by atoms with Gasteiger partial charge in [-0.25, -0.2) is 18.0 Å². The fourth-order valence-corrected chi connectivity index (χ4v) is 3.62. The fraction of sp³-hybridized carbons (Fsp3) is 0.176. The first-order valence-electron chi connectivity index (χ1n) is 7.62. The lowest BCUT2D eigenvalue weighted by atomic mass is 10.2. The largest absolute Gasteiger partial charge is 0.463 e. The number of hydrogen-bond acceptors (Lipinski definition) is 6. The number of halogens is 1. The summed E-state index contributed by atoms with van der Waals surface area (Å²) in [5, 5.41) is 0.264. The summed E-state index contributed by atoms with van der Waals surface area (Å²) in [4.78, 5) is 23.3. The predicted octanol–water partition coefficient (Wildman–Crippen LogP) is 2.61. The summed E-state index contributed by atoms with van der Waals surface area (Å²) in [6.07, 6.45) is -0.619. The van der Waals surface area contributed by atoms with Gasteiger partial charge < -0.3 is 9.47 Å². The van der Waals surface area contributed by atoms with E-state index in [9.17, 15) is 18.0 Å². The van der Waals surface area contributed by atoms with Crippen LogP contribution in [-0.4, -0.2) is 33.1 Å². The van der Waals surface area contributed by atoms with E-state index in [2.05, 4.69) is 4.72 Å². The highest BCUT2D eigenvalue weighted by atomic mass is 35.5. The van der Waals surface area contributed by atoms with Crippen LogP contribution in [0.1, 0.15) is 16.8 Å². The van der Waals surface area contributed by atoms with Crippen molar-refractivity contribution in [3.63, 3.8) is 0 Å². The highest BCUT2D eigenvalue weighted by molar-refractivity contribution is 7.92.